The highest BCUT2D eigenvalue weighted by atomic mass is 32.2. The number of alkyl halides is 6. The number of halogens is 6. The van der Waals surface area contributed by atoms with Gasteiger partial charge in [-0.25, -0.2) is 8.42 Å². The van der Waals surface area contributed by atoms with Gasteiger partial charge in [0.2, 0.25) is 0 Å². The fourth-order valence-corrected chi connectivity index (χ4v) is 8.54. The Morgan fingerprint density at radius 3 is 1.48 bits per heavy atom. The Morgan fingerprint density at radius 1 is 0.643 bits per heavy atom. The maximum absolute atomic E-state index is 12.7. The second-order valence-corrected chi connectivity index (χ2v) is 17.5. The fraction of sp³-hybridized carbons (Fsp3) is 0.188. The van der Waals surface area contributed by atoms with E-state index in [0.717, 1.165) is 18.2 Å². The summed E-state index contributed by atoms with van der Waals surface area (Å²) in [5.74, 6) is -5.71. The van der Waals surface area contributed by atoms with Crippen LogP contribution in [-0.2, 0) is 38.6 Å². The standard InChI is InChI=1S/C17H14F3NO7S2.C15H8F3NO5S2/c1-2-3-9-29(24,25)13-8-7-12-14-10(13)5-4-6-11(14)15(22)21(16(12)23)28-30(26,27)17(18,19)20;1-2-25-11-7-6-10-12-8(11)4-3-5-9(12)13(20)19(14(10)21)24-26(22,23)15(16,17)18/h4-8H,2-3,9H2,1H3;2-7H,1H2. The summed E-state index contributed by atoms with van der Waals surface area (Å²) in [6.45, 7) is 5.37. The maximum Gasteiger partial charge on any atom is 0.525 e. The lowest BCUT2D eigenvalue weighted by molar-refractivity contribution is -0.0768. The van der Waals surface area contributed by atoms with E-state index in [0.29, 0.717) is 23.1 Å². The van der Waals surface area contributed by atoms with E-state index in [1.54, 1.807) is 13.0 Å². The third kappa shape index (κ3) is 7.50. The van der Waals surface area contributed by atoms with Crippen LogP contribution in [0.15, 0.2) is 82.4 Å². The molecule has 6 rings (SSSR count). The number of hydrogen-bond acceptors (Lipinski definition) is 13. The van der Waals surface area contributed by atoms with Crippen LogP contribution in [0.25, 0.3) is 21.5 Å². The van der Waals surface area contributed by atoms with Gasteiger partial charge in [-0.2, -0.15) is 43.2 Å². The maximum atomic E-state index is 12.7. The van der Waals surface area contributed by atoms with Gasteiger partial charge in [-0.15, -0.1) is 18.7 Å². The Bertz CT molecular complexity index is 2660. The number of unbranched alkanes of at least 4 members (excludes halogenated alkanes) is 1. The molecule has 4 aromatic carbocycles. The number of rotatable bonds is 10. The van der Waals surface area contributed by atoms with Crippen LogP contribution < -0.4 is 0 Å². The number of amides is 4. The Kier molecular flexibility index (Phi) is 11.2. The van der Waals surface area contributed by atoms with E-state index in [4.69, 9.17) is 0 Å². The molecule has 2 heterocycles. The lowest BCUT2D eigenvalue weighted by Crippen LogP contribution is -2.44. The number of nitrogens with zero attached hydrogens (tertiary/aromatic N) is 2. The Hall–Kier alpha value is -4.88. The van der Waals surface area contributed by atoms with Crippen molar-refractivity contribution in [2.75, 3.05) is 5.75 Å². The molecule has 0 bridgehead atoms. The molecule has 0 N–H and O–H groups in total. The summed E-state index contributed by atoms with van der Waals surface area (Å²) in [5, 5.41) is 1.28. The van der Waals surface area contributed by atoms with Crippen LogP contribution in [0.2, 0.25) is 0 Å². The molecule has 0 saturated heterocycles. The predicted molar refractivity (Wildman–Crippen MR) is 184 cm³/mol. The van der Waals surface area contributed by atoms with Crippen LogP contribution in [0.3, 0.4) is 0 Å². The average Bonchev–Trinajstić information content (AvgIpc) is 3.11. The van der Waals surface area contributed by atoms with Crippen molar-refractivity contribution < 1.29 is 79.3 Å². The fourth-order valence-electron chi connectivity index (χ4n) is 5.42. The molecule has 0 radical (unpaired) electrons. The van der Waals surface area contributed by atoms with Gasteiger partial charge in [-0.05, 0) is 53.6 Å². The van der Waals surface area contributed by atoms with Crippen LogP contribution >= 0.6 is 11.8 Å². The number of carbonyl (C=O) groups excluding carboxylic acids is 4. The topological polar surface area (TPSA) is 196 Å². The molecule has 14 nitrogen and oxygen atoms in total. The molecule has 0 unspecified atom stereocenters. The molecule has 2 aliphatic heterocycles. The van der Waals surface area contributed by atoms with E-state index in [-0.39, 0.29) is 54.1 Å². The zero-order valence-corrected chi connectivity index (χ0v) is 31.1. The summed E-state index contributed by atoms with van der Waals surface area (Å²) < 4.78 is 153. The third-order valence-electron chi connectivity index (χ3n) is 7.88. The molecule has 24 heteroatoms. The van der Waals surface area contributed by atoms with Gasteiger partial charge in [0.25, 0.3) is 23.6 Å². The zero-order chi connectivity index (χ0) is 41.8. The molecule has 0 aromatic heterocycles. The second-order valence-electron chi connectivity index (χ2n) is 11.4. The number of hydroxylamine groups is 4. The number of sulfone groups is 1. The summed E-state index contributed by atoms with van der Waals surface area (Å²) in [6, 6.07) is 13.0. The smallest absolute Gasteiger partial charge is 0.266 e. The van der Waals surface area contributed by atoms with Gasteiger partial charge in [0.05, 0.1) is 32.9 Å². The van der Waals surface area contributed by atoms with Gasteiger partial charge in [0, 0.05) is 21.1 Å². The third-order valence-corrected chi connectivity index (χ3v) is 12.3. The first-order valence-electron chi connectivity index (χ1n) is 15.3. The lowest BCUT2D eigenvalue weighted by Gasteiger charge is -2.26. The van der Waals surface area contributed by atoms with Crippen LogP contribution in [0.5, 0.6) is 0 Å². The van der Waals surface area contributed by atoms with E-state index in [2.05, 4.69) is 15.1 Å². The highest BCUT2D eigenvalue weighted by molar-refractivity contribution is 8.02. The van der Waals surface area contributed by atoms with Gasteiger partial charge >= 0.3 is 31.3 Å². The van der Waals surface area contributed by atoms with E-state index in [9.17, 15) is 70.8 Å². The Labute approximate surface area is 316 Å². The molecule has 2 aliphatic rings. The highest BCUT2D eigenvalue weighted by Gasteiger charge is 2.53. The molecule has 298 valence electrons. The summed E-state index contributed by atoms with van der Waals surface area (Å²) in [5.41, 5.74) is -12.7. The van der Waals surface area contributed by atoms with Crippen LogP contribution in [0.4, 0.5) is 26.3 Å². The SMILES string of the molecule is C=CSc1ccc2c3c(cccc13)C(=O)N(OS(=O)(=O)C(F)(F)F)C2=O.CCCCS(=O)(=O)c1ccc2c3c(cccc13)C(=O)N(OS(=O)(=O)C(F)(F)F)C2=O. The van der Waals surface area contributed by atoms with Gasteiger partial charge in [-0.3, -0.25) is 19.2 Å². The van der Waals surface area contributed by atoms with Crippen molar-refractivity contribution in [2.45, 2.75) is 40.6 Å². The first-order valence-corrected chi connectivity index (χ1v) is 20.7. The Morgan fingerprint density at radius 2 is 1.05 bits per heavy atom. The number of benzene rings is 4. The second kappa shape index (κ2) is 14.9. The molecule has 0 spiro atoms. The van der Waals surface area contributed by atoms with Crippen LogP contribution in [-0.4, -0.2) is 75.8 Å². The quantitative estimate of drug-likeness (QED) is 0.0753. The molecule has 0 saturated carbocycles. The normalized spacial score (nSPS) is 15.0. The van der Waals surface area contributed by atoms with E-state index < -0.39 is 69.8 Å². The predicted octanol–water partition coefficient (Wildman–Crippen LogP) is 6.24. The van der Waals surface area contributed by atoms with Gasteiger partial charge in [0.1, 0.15) is 0 Å². The minimum Gasteiger partial charge on any atom is -0.266 e. The molecule has 0 fully saturated rings. The Balaban J connectivity index is 0.000000216. The van der Waals surface area contributed by atoms with Crippen molar-refractivity contribution in [3.8, 4) is 0 Å². The highest BCUT2D eigenvalue weighted by Crippen LogP contribution is 2.39. The molecule has 4 amide bonds. The largest absolute Gasteiger partial charge is 0.525 e. The van der Waals surface area contributed by atoms with Crippen molar-refractivity contribution in [1.29, 1.82) is 0 Å². The van der Waals surface area contributed by atoms with Crippen molar-refractivity contribution in [3.05, 3.63) is 94.9 Å². The van der Waals surface area contributed by atoms with Crippen LogP contribution in [0, 0.1) is 0 Å². The minimum atomic E-state index is -6.29. The van der Waals surface area contributed by atoms with Crippen LogP contribution in [0.1, 0.15) is 61.2 Å². The van der Waals surface area contributed by atoms with Gasteiger partial charge in [0.15, 0.2) is 9.84 Å². The van der Waals surface area contributed by atoms with Crippen molar-refractivity contribution in [1.82, 2.24) is 10.1 Å². The van der Waals surface area contributed by atoms with Gasteiger partial charge in [-0.1, -0.05) is 56.0 Å². The number of imide groups is 2. The zero-order valence-electron chi connectivity index (χ0n) is 27.9. The van der Waals surface area contributed by atoms with Crippen molar-refractivity contribution in [3.63, 3.8) is 0 Å². The molecule has 0 aliphatic carbocycles. The molecule has 0 atom stereocenters. The summed E-state index contributed by atoms with van der Waals surface area (Å²) >= 11 is 1.23. The molecule has 4 aromatic rings. The van der Waals surface area contributed by atoms with Crippen molar-refractivity contribution in [2.24, 2.45) is 0 Å². The van der Waals surface area contributed by atoms with E-state index >= 15 is 0 Å². The van der Waals surface area contributed by atoms with E-state index in [1.165, 1.54) is 53.6 Å². The number of carbonyl (C=O) groups is 4. The molecule has 56 heavy (non-hydrogen) atoms. The summed E-state index contributed by atoms with van der Waals surface area (Å²) in [4.78, 5) is 50.4. The number of hydrogen-bond donors (Lipinski definition) is 0. The summed E-state index contributed by atoms with van der Waals surface area (Å²) in [7, 11) is -16.2. The van der Waals surface area contributed by atoms with Crippen molar-refractivity contribution >= 4 is 87.0 Å². The first kappa shape index (κ1) is 42.3. The number of thioether (sulfide) groups is 1. The lowest BCUT2D eigenvalue weighted by atomic mass is 9.95. The van der Waals surface area contributed by atoms with E-state index in [1.807, 2.05) is 0 Å². The monoisotopic (exact) mass is 868 g/mol. The molecular formula is C32H22F6N2O12S4. The molecular weight excluding hydrogens is 847 g/mol. The average molecular weight is 869 g/mol. The van der Waals surface area contributed by atoms with Gasteiger partial charge < -0.3 is 0 Å². The summed E-state index contributed by atoms with van der Waals surface area (Å²) in [6.07, 6.45) is 0.984. The minimum absolute atomic E-state index is 0.0288. The first-order chi connectivity index (χ1) is 25.9.